The van der Waals surface area contributed by atoms with Crippen molar-refractivity contribution in [2.75, 3.05) is 25.1 Å². The second-order valence-electron chi connectivity index (χ2n) is 5.02. The maximum absolute atomic E-state index is 11.6. The van der Waals surface area contributed by atoms with Crippen LogP contribution in [0.25, 0.3) is 0 Å². The van der Waals surface area contributed by atoms with Crippen LogP contribution in [0.4, 0.5) is 10.5 Å². The van der Waals surface area contributed by atoms with Gasteiger partial charge in [-0.3, -0.25) is 4.98 Å². The summed E-state index contributed by atoms with van der Waals surface area (Å²) < 4.78 is 5.45. The van der Waals surface area contributed by atoms with Crippen molar-refractivity contribution in [3.8, 4) is 0 Å². The van der Waals surface area contributed by atoms with Crippen molar-refractivity contribution >= 4 is 17.7 Å². The minimum Gasteiger partial charge on any atom is -0.478 e. The number of carboxylic acids is 1. The molecule has 1 aromatic rings. The van der Waals surface area contributed by atoms with Gasteiger partial charge in [-0.25, -0.2) is 9.59 Å². The number of carbonyl (C=O) groups excluding carboxylic acids is 1. The molecule has 0 bridgehead atoms. The molecule has 1 heterocycles. The van der Waals surface area contributed by atoms with Crippen molar-refractivity contribution in [1.82, 2.24) is 10.3 Å². The monoisotopic (exact) mass is 293 g/mol. The Morgan fingerprint density at radius 1 is 1.38 bits per heavy atom. The van der Waals surface area contributed by atoms with Crippen LogP contribution in [-0.2, 0) is 4.74 Å². The van der Waals surface area contributed by atoms with E-state index in [1.807, 2.05) is 0 Å². The van der Waals surface area contributed by atoms with E-state index in [0.29, 0.717) is 18.8 Å². The molecule has 0 aliphatic heterocycles. The lowest BCUT2D eigenvalue weighted by molar-refractivity contribution is 0.0696. The number of anilines is 1. The first-order valence-corrected chi connectivity index (χ1v) is 6.96. The number of amides is 2. The number of hydrogen-bond acceptors (Lipinski definition) is 4. The molecular formula is C14H19N3O4. The molecule has 0 radical (unpaired) electrons. The number of urea groups is 1. The van der Waals surface area contributed by atoms with Crippen LogP contribution in [0.3, 0.4) is 0 Å². The maximum atomic E-state index is 11.6. The molecule has 0 unspecified atom stereocenters. The third kappa shape index (κ3) is 5.78. The number of nitrogens with zero attached hydrogens (tertiary/aromatic N) is 1. The predicted octanol–water partition coefficient (Wildman–Crippen LogP) is 1.72. The summed E-state index contributed by atoms with van der Waals surface area (Å²) in [7, 11) is 0. The molecule has 2 amide bonds. The molecular weight excluding hydrogens is 274 g/mol. The summed E-state index contributed by atoms with van der Waals surface area (Å²) in [5.74, 6) is -0.338. The molecule has 3 N–H and O–H groups in total. The minimum atomic E-state index is -1.08. The van der Waals surface area contributed by atoms with E-state index in [9.17, 15) is 9.59 Å². The lowest BCUT2D eigenvalue weighted by atomic mass is 10.3. The van der Waals surface area contributed by atoms with Gasteiger partial charge < -0.3 is 20.5 Å². The first-order chi connectivity index (χ1) is 10.1. The quantitative estimate of drug-likeness (QED) is 0.634. The lowest BCUT2D eigenvalue weighted by Crippen LogP contribution is -2.30. The summed E-state index contributed by atoms with van der Waals surface area (Å²) in [6.45, 7) is 1.95. The normalized spacial score (nSPS) is 13.7. The molecule has 21 heavy (non-hydrogen) atoms. The smallest absolute Gasteiger partial charge is 0.337 e. The van der Waals surface area contributed by atoms with Crippen molar-refractivity contribution in [1.29, 1.82) is 0 Å². The summed E-state index contributed by atoms with van der Waals surface area (Å²) in [4.78, 5) is 26.1. The van der Waals surface area contributed by atoms with Gasteiger partial charge in [-0.05, 0) is 31.2 Å². The van der Waals surface area contributed by atoms with E-state index in [4.69, 9.17) is 9.84 Å². The van der Waals surface area contributed by atoms with E-state index in [0.717, 1.165) is 18.9 Å². The van der Waals surface area contributed by atoms with Crippen LogP contribution < -0.4 is 10.6 Å². The number of carbonyl (C=O) groups is 2. The third-order valence-electron chi connectivity index (χ3n) is 3.04. The lowest BCUT2D eigenvalue weighted by Gasteiger charge is -2.08. The van der Waals surface area contributed by atoms with Gasteiger partial charge in [-0.15, -0.1) is 0 Å². The maximum Gasteiger partial charge on any atom is 0.337 e. The van der Waals surface area contributed by atoms with Crippen molar-refractivity contribution in [2.45, 2.75) is 19.3 Å². The Morgan fingerprint density at radius 2 is 2.19 bits per heavy atom. The summed E-state index contributed by atoms with van der Waals surface area (Å²) in [5, 5.41) is 14.0. The van der Waals surface area contributed by atoms with Crippen molar-refractivity contribution in [3.05, 3.63) is 24.0 Å². The highest BCUT2D eigenvalue weighted by molar-refractivity contribution is 5.92. The fourth-order valence-electron chi connectivity index (χ4n) is 1.71. The summed E-state index contributed by atoms with van der Waals surface area (Å²) in [6.07, 6.45) is 5.90. The van der Waals surface area contributed by atoms with Gasteiger partial charge in [0.05, 0.1) is 17.4 Å². The van der Waals surface area contributed by atoms with E-state index < -0.39 is 5.97 Å². The molecule has 0 saturated heterocycles. The molecule has 0 aromatic carbocycles. The minimum absolute atomic E-state index is 0.0290. The number of carboxylic acid groups (broad SMARTS) is 1. The number of nitrogens with one attached hydrogen (secondary N) is 2. The fourth-order valence-corrected chi connectivity index (χ4v) is 1.71. The van der Waals surface area contributed by atoms with Crippen molar-refractivity contribution in [2.24, 2.45) is 5.92 Å². The molecule has 7 heteroatoms. The molecule has 0 spiro atoms. The zero-order valence-electron chi connectivity index (χ0n) is 11.7. The molecule has 1 aliphatic carbocycles. The highest BCUT2D eigenvalue weighted by atomic mass is 16.5. The summed E-state index contributed by atoms with van der Waals surface area (Å²) >= 11 is 0. The Balaban J connectivity index is 1.61. The number of aromatic nitrogens is 1. The van der Waals surface area contributed by atoms with Gasteiger partial charge >= 0.3 is 12.0 Å². The Kier molecular flexibility index (Phi) is 5.51. The van der Waals surface area contributed by atoms with E-state index in [1.54, 1.807) is 0 Å². The van der Waals surface area contributed by atoms with Crippen LogP contribution in [0.2, 0.25) is 0 Å². The zero-order valence-corrected chi connectivity index (χ0v) is 11.7. The first kappa shape index (κ1) is 15.2. The van der Waals surface area contributed by atoms with Gasteiger partial charge in [0.15, 0.2) is 0 Å². The van der Waals surface area contributed by atoms with Crippen LogP contribution >= 0.6 is 0 Å². The van der Waals surface area contributed by atoms with E-state index in [-0.39, 0.29) is 11.6 Å². The molecule has 1 aliphatic rings. The van der Waals surface area contributed by atoms with Gasteiger partial charge in [-0.1, -0.05) is 0 Å². The SMILES string of the molecule is O=C(NCCCOCC1CC1)Nc1cncc(C(=O)O)c1. The topological polar surface area (TPSA) is 101 Å². The van der Waals surface area contributed by atoms with Crippen LogP contribution in [-0.4, -0.2) is 41.8 Å². The second kappa shape index (κ2) is 7.58. The number of aromatic carboxylic acids is 1. The molecule has 2 rings (SSSR count). The molecule has 1 fully saturated rings. The van der Waals surface area contributed by atoms with Gasteiger partial charge in [-0.2, -0.15) is 0 Å². The molecule has 1 saturated carbocycles. The van der Waals surface area contributed by atoms with Crippen LogP contribution in [0.5, 0.6) is 0 Å². The van der Waals surface area contributed by atoms with Crippen molar-refractivity contribution < 1.29 is 19.4 Å². The number of hydrogen-bond donors (Lipinski definition) is 3. The zero-order chi connectivity index (χ0) is 15.1. The van der Waals surface area contributed by atoms with E-state index in [1.165, 1.54) is 31.3 Å². The molecule has 1 aromatic heterocycles. The number of pyridine rings is 1. The standard InChI is InChI=1S/C14H19N3O4/c18-13(19)11-6-12(8-15-7-11)17-14(20)16-4-1-5-21-9-10-2-3-10/h6-8,10H,1-5,9H2,(H,18,19)(H2,16,17,20). The Bertz CT molecular complexity index is 503. The fraction of sp³-hybridized carbons (Fsp3) is 0.500. The van der Waals surface area contributed by atoms with E-state index in [2.05, 4.69) is 15.6 Å². The summed E-state index contributed by atoms with van der Waals surface area (Å²) in [5.41, 5.74) is 0.374. The van der Waals surface area contributed by atoms with Crippen LogP contribution in [0.1, 0.15) is 29.6 Å². The van der Waals surface area contributed by atoms with Gasteiger partial charge in [0, 0.05) is 26.0 Å². The highest BCUT2D eigenvalue weighted by Crippen LogP contribution is 2.28. The van der Waals surface area contributed by atoms with E-state index >= 15 is 0 Å². The second-order valence-corrected chi connectivity index (χ2v) is 5.02. The predicted molar refractivity (Wildman–Crippen MR) is 76.4 cm³/mol. The Labute approximate surface area is 122 Å². The summed E-state index contributed by atoms with van der Waals surface area (Å²) in [6, 6.07) is 0.967. The average Bonchev–Trinajstić information content (AvgIpc) is 3.27. The molecule has 0 atom stereocenters. The van der Waals surface area contributed by atoms with Crippen LogP contribution in [0, 0.1) is 5.92 Å². The first-order valence-electron chi connectivity index (χ1n) is 6.96. The van der Waals surface area contributed by atoms with Gasteiger partial charge in [0.25, 0.3) is 0 Å². The molecule has 114 valence electrons. The van der Waals surface area contributed by atoms with Crippen LogP contribution in [0.15, 0.2) is 18.5 Å². The number of rotatable bonds is 8. The Morgan fingerprint density at radius 3 is 2.90 bits per heavy atom. The highest BCUT2D eigenvalue weighted by Gasteiger charge is 2.20. The van der Waals surface area contributed by atoms with Gasteiger partial charge in [0.2, 0.25) is 0 Å². The van der Waals surface area contributed by atoms with Gasteiger partial charge in [0.1, 0.15) is 0 Å². The third-order valence-corrected chi connectivity index (χ3v) is 3.04. The number of ether oxygens (including phenoxy) is 1. The Hall–Kier alpha value is -2.15. The van der Waals surface area contributed by atoms with Crippen molar-refractivity contribution in [3.63, 3.8) is 0 Å². The molecule has 7 nitrogen and oxygen atoms in total. The largest absolute Gasteiger partial charge is 0.478 e. The average molecular weight is 293 g/mol.